The minimum absolute atomic E-state index is 0.0293. The van der Waals surface area contributed by atoms with E-state index in [0.717, 1.165) is 25.7 Å². The first kappa shape index (κ1) is 20.5. The molecule has 0 bridgehead atoms. The van der Waals surface area contributed by atoms with Gasteiger partial charge in [-0.1, -0.05) is 36.9 Å². The SMILES string of the molecule is O=C(Nc1ccc2c(c1)N(Cc1c(F)cccc1Cl)C(=O)CO2)NC1CCCCC1. The van der Waals surface area contributed by atoms with Gasteiger partial charge in [-0.3, -0.25) is 4.79 Å². The van der Waals surface area contributed by atoms with Gasteiger partial charge in [0.1, 0.15) is 11.6 Å². The van der Waals surface area contributed by atoms with E-state index < -0.39 is 5.82 Å². The largest absolute Gasteiger partial charge is 0.482 e. The predicted octanol–water partition coefficient (Wildman–Crippen LogP) is 4.86. The fraction of sp³-hybridized carbons (Fsp3) is 0.364. The van der Waals surface area contributed by atoms with Crippen LogP contribution in [-0.4, -0.2) is 24.6 Å². The summed E-state index contributed by atoms with van der Waals surface area (Å²) in [5.41, 5.74) is 1.21. The van der Waals surface area contributed by atoms with Crippen molar-refractivity contribution in [2.45, 2.75) is 44.7 Å². The Kier molecular flexibility index (Phi) is 6.08. The molecule has 1 fully saturated rings. The normalized spacial score (nSPS) is 16.6. The van der Waals surface area contributed by atoms with Crippen LogP contribution in [-0.2, 0) is 11.3 Å². The van der Waals surface area contributed by atoms with Crippen LogP contribution >= 0.6 is 11.6 Å². The average molecular weight is 432 g/mol. The molecule has 30 heavy (non-hydrogen) atoms. The van der Waals surface area contributed by atoms with Crippen LogP contribution in [0.2, 0.25) is 5.02 Å². The van der Waals surface area contributed by atoms with Crippen molar-refractivity contribution in [3.05, 3.63) is 52.8 Å². The summed E-state index contributed by atoms with van der Waals surface area (Å²) in [6.45, 7) is -0.174. The lowest BCUT2D eigenvalue weighted by atomic mass is 9.96. The van der Waals surface area contributed by atoms with Crippen molar-refractivity contribution < 1.29 is 18.7 Å². The molecule has 3 amide bonds. The summed E-state index contributed by atoms with van der Waals surface area (Å²) in [7, 11) is 0. The van der Waals surface area contributed by atoms with Crippen molar-refractivity contribution in [2.24, 2.45) is 0 Å². The second kappa shape index (κ2) is 8.92. The lowest BCUT2D eigenvalue weighted by Gasteiger charge is -2.30. The first-order valence-electron chi connectivity index (χ1n) is 10.1. The molecule has 0 saturated heterocycles. The quantitative estimate of drug-likeness (QED) is 0.726. The monoisotopic (exact) mass is 431 g/mol. The van der Waals surface area contributed by atoms with Crippen LogP contribution in [0.4, 0.5) is 20.6 Å². The Morgan fingerprint density at radius 2 is 2.00 bits per heavy atom. The van der Waals surface area contributed by atoms with Crippen LogP contribution in [0.15, 0.2) is 36.4 Å². The summed E-state index contributed by atoms with van der Waals surface area (Å²) >= 11 is 6.14. The molecule has 1 saturated carbocycles. The molecule has 0 atom stereocenters. The third kappa shape index (κ3) is 4.51. The van der Waals surface area contributed by atoms with Crippen LogP contribution in [0, 0.1) is 5.82 Å². The zero-order valence-electron chi connectivity index (χ0n) is 16.4. The molecular formula is C22H23ClFN3O3. The maximum absolute atomic E-state index is 14.3. The van der Waals surface area contributed by atoms with Gasteiger partial charge in [-0.15, -0.1) is 0 Å². The molecule has 8 heteroatoms. The van der Waals surface area contributed by atoms with Gasteiger partial charge in [-0.05, 0) is 43.2 Å². The van der Waals surface area contributed by atoms with Crippen LogP contribution in [0.3, 0.4) is 0 Å². The Morgan fingerprint density at radius 3 is 2.77 bits per heavy atom. The van der Waals surface area contributed by atoms with E-state index in [2.05, 4.69) is 10.6 Å². The van der Waals surface area contributed by atoms with Crippen molar-refractivity contribution >= 4 is 34.9 Å². The molecule has 4 rings (SSSR count). The van der Waals surface area contributed by atoms with Crippen molar-refractivity contribution in [1.82, 2.24) is 5.32 Å². The molecule has 2 aromatic carbocycles. The molecule has 2 N–H and O–H groups in total. The fourth-order valence-corrected chi connectivity index (χ4v) is 4.12. The third-order valence-corrected chi connectivity index (χ3v) is 5.83. The highest BCUT2D eigenvalue weighted by molar-refractivity contribution is 6.31. The summed E-state index contributed by atoms with van der Waals surface area (Å²) in [6, 6.07) is 9.36. The zero-order valence-corrected chi connectivity index (χ0v) is 17.2. The molecule has 2 aromatic rings. The Labute approximate surface area is 179 Å². The molecule has 1 heterocycles. The Hall–Kier alpha value is -2.80. The molecular weight excluding hydrogens is 409 g/mol. The van der Waals surface area contributed by atoms with Crippen LogP contribution in [0.5, 0.6) is 5.75 Å². The van der Waals surface area contributed by atoms with Gasteiger partial charge in [0.15, 0.2) is 6.61 Å². The average Bonchev–Trinajstić information content (AvgIpc) is 2.73. The standard InChI is InChI=1S/C22H23ClFN3O3/c23-17-7-4-8-18(24)16(17)12-27-19-11-15(9-10-20(19)30-13-21(27)28)26-22(29)25-14-5-2-1-3-6-14/h4,7-11,14H,1-3,5-6,12-13H2,(H2,25,26,29). The van der Waals surface area contributed by atoms with E-state index in [1.54, 1.807) is 24.3 Å². The van der Waals surface area contributed by atoms with E-state index in [-0.39, 0.29) is 41.7 Å². The number of carbonyl (C=O) groups excluding carboxylic acids is 2. The van der Waals surface area contributed by atoms with Gasteiger partial charge in [0.05, 0.1) is 12.2 Å². The molecule has 1 aliphatic carbocycles. The number of nitrogens with one attached hydrogen (secondary N) is 2. The summed E-state index contributed by atoms with van der Waals surface area (Å²) < 4.78 is 19.8. The van der Waals surface area contributed by atoms with Gasteiger partial charge in [0.2, 0.25) is 0 Å². The van der Waals surface area contributed by atoms with Gasteiger partial charge in [-0.25, -0.2) is 9.18 Å². The Bertz CT molecular complexity index is 942. The fourth-order valence-electron chi connectivity index (χ4n) is 3.89. The summed E-state index contributed by atoms with van der Waals surface area (Å²) in [5.74, 6) is -0.310. The van der Waals surface area contributed by atoms with E-state index in [4.69, 9.17) is 16.3 Å². The van der Waals surface area contributed by atoms with Crippen LogP contribution in [0.25, 0.3) is 0 Å². The van der Waals surface area contributed by atoms with E-state index in [0.29, 0.717) is 17.1 Å². The van der Waals surface area contributed by atoms with Crippen molar-refractivity contribution in [3.8, 4) is 5.75 Å². The van der Waals surface area contributed by atoms with Crippen LogP contribution in [0.1, 0.15) is 37.7 Å². The molecule has 6 nitrogen and oxygen atoms in total. The summed E-state index contributed by atoms with van der Waals surface area (Å²) in [6.07, 6.45) is 5.42. The molecule has 158 valence electrons. The van der Waals surface area contributed by atoms with E-state index in [9.17, 15) is 14.0 Å². The zero-order chi connectivity index (χ0) is 21.1. The number of ether oxygens (including phenoxy) is 1. The van der Waals surface area contributed by atoms with Gasteiger partial charge in [0, 0.05) is 22.3 Å². The van der Waals surface area contributed by atoms with Gasteiger partial charge < -0.3 is 20.3 Å². The maximum Gasteiger partial charge on any atom is 0.319 e. The molecule has 0 unspecified atom stereocenters. The number of hydrogen-bond donors (Lipinski definition) is 2. The number of rotatable bonds is 4. The summed E-state index contributed by atoms with van der Waals surface area (Å²) in [4.78, 5) is 26.3. The van der Waals surface area contributed by atoms with Crippen molar-refractivity contribution in [1.29, 1.82) is 0 Å². The van der Waals surface area contributed by atoms with Crippen molar-refractivity contribution in [2.75, 3.05) is 16.8 Å². The highest BCUT2D eigenvalue weighted by Gasteiger charge is 2.28. The number of amides is 3. The molecule has 0 spiro atoms. The number of nitrogens with zero attached hydrogens (tertiary/aromatic N) is 1. The minimum atomic E-state index is -0.482. The smallest absolute Gasteiger partial charge is 0.319 e. The van der Waals surface area contributed by atoms with Gasteiger partial charge in [-0.2, -0.15) is 0 Å². The second-order valence-corrected chi connectivity index (χ2v) is 7.99. The lowest BCUT2D eigenvalue weighted by molar-refractivity contribution is -0.121. The van der Waals surface area contributed by atoms with Gasteiger partial charge in [0.25, 0.3) is 5.91 Å². The highest BCUT2D eigenvalue weighted by Crippen LogP contribution is 2.36. The number of hydrogen-bond acceptors (Lipinski definition) is 3. The molecule has 1 aliphatic heterocycles. The molecule has 2 aliphatic rings. The number of urea groups is 1. The topological polar surface area (TPSA) is 70.7 Å². The second-order valence-electron chi connectivity index (χ2n) is 7.58. The van der Waals surface area contributed by atoms with Gasteiger partial charge >= 0.3 is 6.03 Å². The molecule has 0 aromatic heterocycles. The van der Waals surface area contributed by atoms with E-state index >= 15 is 0 Å². The first-order valence-corrected chi connectivity index (χ1v) is 10.5. The number of fused-ring (bicyclic) bond motifs is 1. The first-order chi connectivity index (χ1) is 14.5. The van der Waals surface area contributed by atoms with E-state index in [1.165, 1.54) is 23.5 Å². The van der Waals surface area contributed by atoms with Crippen molar-refractivity contribution in [3.63, 3.8) is 0 Å². The Morgan fingerprint density at radius 1 is 1.20 bits per heavy atom. The molecule has 0 radical (unpaired) electrons. The maximum atomic E-state index is 14.3. The lowest BCUT2D eigenvalue weighted by Crippen LogP contribution is -2.39. The minimum Gasteiger partial charge on any atom is -0.482 e. The number of benzene rings is 2. The van der Waals surface area contributed by atoms with E-state index in [1.807, 2.05) is 0 Å². The number of carbonyl (C=O) groups is 2. The third-order valence-electron chi connectivity index (χ3n) is 5.48. The Balaban J connectivity index is 1.53. The van der Waals surface area contributed by atoms with Crippen LogP contribution < -0.4 is 20.3 Å². The number of halogens is 2. The number of anilines is 2. The summed E-state index contributed by atoms with van der Waals surface area (Å²) in [5, 5.41) is 6.06. The highest BCUT2D eigenvalue weighted by atomic mass is 35.5. The predicted molar refractivity (Wildman–Crippen MR) is 114 cm³/mol.